The summed E-state index contributed by atoms with van der Waals surface area (Å²) in [6, 6.07) is 0.122. The van der Waals surface area contributed by atoms with Crippen molar-refractivity contribution in [2.24, 2.45) is 0 Å². The lowest BCUT2D eigenvalue weighted by Crippen LogP contribution is -2.46. The van der Waals surface area contributed by atoms with Gasteiger partial charge in [-0.2, -0.15) is 5.10 Å². The second kappa shape index (κ2) is 7.12. The van der Waals surface area contributed by atoms with E-state index in [9.17, 15) is 9.59 Å². The number of amides is 2. The predicted molar refractivity (Wildman–Crippen MR) is 92.1 cm³/mol. The minimum atomic E-state index is -0.187. The molecule has 3 heterocycles. The van der Waals surface area contributed by atoms with Crippen molar-refractivity contribution >= 4 is 28.3 Å². The van der Waals surface area contributed by atoms with Gasteiger partial charge in [0.25, 0.3) is 5.91 Å². The van der Waals surface area contributed by atoms with Crippen molar-refractivity contribution in [3.8, 4) is 0 Å². The normalized spacial score (nSPS) is 17.8. The summed E-state index contributed by atoms with van der Waals surface area (Å²) in [7, 11) is 0. The summed E-state index contributed by atoms with van der Waals surface area (Å²) in [4.78, 5) is 30.1. The molecule has 2 aromatic rings. The largest absolute Gasteiger partial charge is 0.332 e. The molecule has 0 aliphatic carbocycles. The molecule has 1 N–H and O–H groups in total. The molecule has 8 heteroatoms. The molecule has 1 aliphatic rings. The van der Waals surface area contributed by atoms with Crippen molar-refractivity contribution in [3.63, 3.8) is 0 Å². The molecule has 0 unspecified atom stereocenters. The summed E-state index contributed by atoms with van der Waals surface area (Å²) >= 11 is 1.27. The van der Waals surface area contributed by atoms with Gasteiger partial charge in [-0.3, -0.25) is 14.3 Å². The molecule has 0 radical (unpaired) electrons. The monoisotopic (exact) mass is 347 g/mol. The van der Waals surface area contributed by atoms with Crippen molar-refractivity contribution < 1.29 is 9.59 Å². The van der Waals surface area contributed by atoms with E-state index in [1.165, 1.54) is 18.3 Å². The van der Waals surface area contributed by atoms with Crippen LogP contribution in [0.15, 0.2) is 17.8 Å². The van der Waals surface area contributed by atoms with Crippen molar-refractivity contribution in [2.45, 2.75) is 45.7 Å². The SMILES string of the molecule is CC(=O)Nc1nc(C(=O)N2CCCC[C@@H]2Cn2cc(C)cn2)cs1. The van der Waals surface area contributed by atoms with Crippen LogP contribution < -0.4 is 5.32 Å². The zero-order valence-electron chi connectivity index (χ0n) is 13.9. The van der Waals surface area contributed by atoms with E-state index < -0.39 is 0 Å². The highest BCUT2D eigenvalue weighted by Gasteiger charge is 2.29. The Morgan fingerprint density at radius 2 is 2.25 bits per heavy atom. The van der Waals surface area contributed by atoms with Gasteiger partial charge >= 0.3 is 0 Å². The third-order valence-electron chi connectivity index (χ3n) is 4.05. The van der Waals surface area contributed by atoms with Crippen LogP contribution in [-0.2, 0) is 11.3 Å². The standard InChI is InChI=1S/C16H21N5O2S/c1-11-7-17-20(8-11)9-13-5-3-4-6-21(13)15(23)14-10-24-16(19-14)18-12(2)22/h7-8,10,13H,3-6,9H2,1-2H3,(H,18,19,22)/t13-/m1/s1. The Bertz CT molecular complexity index is 738. The zero-order chi connectivity index (χ0) is 17.1. The summed E-state index contributed by atoms with van der Waals surface area (Å²) in [5, 5.41) is 9.12. The highest BCUT2D eigenvalue weighted by molar-refractivity contribution is 7.14. The average molecular weight is 347 g/mol. The summed E-state index contributed by atoms with van der Waals surface area (Å²) in [5.74, 6) is -0.260. The Morgan fingerprint density at radius 3 is 2.96 bits per heavy atom. The van der Waals surface area contributed by atoms with Gasteiger partial charge in [-0.05, 0) is 31.7 Å². The number of aryl methyl sites for hydroxylation is 1. The second-order valence-electron chi connectivity index (χ2n) is 6.11. The number of aromatic nitrogens is 3. The molecule has 2 aromatic heterocycles. The number of hydrogen-bond donors (Lipinski definition) is 1. The van der Waals surface area contributed by atoms with E-state index in [0.717, 1.165) is 31.4 Å². The van der Waals surface area contributed by atoms with Crippen LogP contribution in [0.25, 0.3) is 0 Å². The number of carbonyl (C=O) groups is 2. The molecule has 2 amide bonds. The zero-order valence-corrected chi connectivity index (χ0v) is 14.7. The van der Waals surface area contributed by atoms with Gasteiger partial charge in [0.05, 0.1) is 18.8 Å². The first-order valence-corrected chi connectivity index (χ1v) is 8.94. The Labute approximate surface area is 144 Å². The first-order valence-electron chi connectivity index (χ1n) is 8.06. The Kier molecular flexibility index (Phi) is 4.94. The third kappa shape index (κ3) is 3.81. The van der Waals surface area contributed by atoms with Crippen LogP contribution in [0.2, 0.25) is 0 Å². The van der Waals surface area contributed by atoms with Gasteiger partial charge in [0.1, 0.15) is 5.69 Å². The first-order chi connectivity index (χ1) is 11.5. The maximum Gasteiger partial charge on any atom is 0.273 e. The van der Waals surface area contributed by atoms with E-state index in [2.05, 4.69) is 15.4 Å². The topological polar surface area (TPSA) is 80.1 Å². The van der Waals surface area contributed by atoms with Gasteiger partial charge in [-0.15, -0.1) is 11.3 Å². The molecule has 0 aromatic carbocycles. The highest BCUT2D eigenvalue weighted by atomic mass is 32.1. The van der Waals surface area contributed by atoms with Gasteiger partial charge in [0.2, 0.25) is 5.91 Å². The number of thiazole rings is 1. The van der Waals surface area contributed by atoms with Gasteiger partial charge in [0.15, 0.2) is 5.13 Å². The number of piperidine rings is 1. The molecule has 7 nitrogen and oxygen atoms in total. The van der Waals surface area contributed by atoms with Gasteiger partial charge in [0, 0.05) is 25.0 Å². The number of likely N-dealkylation sites (tertiary alicyclic amines) is 1. The van der Waals surface area contributed by atoms with E-state index >= 15 is 0 Å². The summed E-state index contributed by atoms with van der Waals surface area (Å²) < 4.78 is 1.90. The molecule has 24 heavy (non-hydrogen) atoms. The first kappa shape index (κ1) is 16.6. The van der Waals surface area contributed by atoms with Crippen LogP contribution in [-0.4, -0.2) is 44.1 Å². The second-order valence-corrected chi connectivity index (χ2v) is 6.97. The number of nitrogens with one attached hydrogen (secondary N) is 1. The van der Waals surface area contributed by atoms with Crippen molar-refractivity contribution in [1.29, 1.82) is 0 Å². The summed E-state index contributed by atoms with van der Waals surface area (Å²) in [6.45, 7) is 4.86. The van der Waals surface area contributed by atoms with Crippen LogP contribution in [0.4, 0.5) is 5.13 Å². The van der Waals surface area contributed by atoms with Gasteiger partial charge in [-0.25, -0.2) is 4.98 Å². The Balaban J connectivity index is 1.73. The molecule has 1 saturated heterocycles. The molecule has 0 saturated carbocycles. The molecule has 0 spiro atoms. The molecule has 1 aliphatic heterocycles. The Hall–Kier alpha value is -2.22. The van der Waals surface area contributed by atoms with Crippen LogP contribution in [0.1, 0.15) is 42.2 Å². The fraction of sp³-hybridized carbons (Fsp3) is 0.500. The van der Waals surface area contributed by atoms with Crippen molar-refractivity contribution in [2.75, 3.05) is 11.9 Å². The van der Waals surface area contributed by atoms with Crippen LogP contribution in [0.5, 0.6) is 0 Å². The lowest BCUT2D eigenvalue weighted by atomic mass is 10.0. The van der Waals surface area contributed by atoms with Crippen LogP contribution in [0.3, 0.4) is 0 Å². The molecule has 0 bridgehead atoms. The van der Waals surface area contributed by atoms with E-state index in [1.807, 2.05) is 28.9 Å². The molecular formula is C16H21N5O2S. The van der Waals surface area contributed by atoms with Gasteiger partial charge < -0.3 is 10.2 Å². The van der Waals surface area contributed by atoms with E-state index in [1.54, 1.807) is 5.38 Å². The molecule has 3 rings (SSSR count). The number of rotatable bonds is 4. The van der Waals surface area contributed by atoms with Crippen molar-refractivity contribution in [1.82, 2.24) is 19.7 Å². The van der Waals surface area contributed by atoms with Crippen LogP contribution >= 0.6 is 11.3 Å². The summed E-state index contributed by atoms with van der Waals surface area (Å²) in [6.07, 6.45) is 6.91. The molecule has 1 fully saturated rings. The fourth-order valence-corrected chi connectivity index (χ4v) is 3.70. The quantitative estimate of drug-likeness (QED) is 0.920. The predicted octanol–water partition coefficient (Wildman–Crippen LogP) is 2.30. The van der Waals surface area contributed by atoms with Crippen molar-refractivity contribution in [3.05, 3.63) is 29.0 Å². The maximum atomic E-state index is 12.8. The molecule has 128 valence electrons. The highest BCUT2D eigenvalue weighted by Crippen LogP contribution is 2.23. The van der Waals surface area contributed by atoms with Crippen LogP contribution in [0, 0.1) is 6.92 Å². The third-order valence-corrected chi connectivity index (χ3v) is 4.81. The molecule has 1 atom stereocenters. The lowest BCUT2D eigenvalue weighted by molar-refractivity contribution is -0.114. The fourth-order valence-electron chi connectivity index (χ4n) is 2.97. The minimum absolute atomic E-state index is 0.0727. The van der Waals surface area contributed by atoms with E-state index in [4.69, 9.17) is 0 Å². The Morgan fingerprint density at radius 1 is 1.42 bits per heavy atom. The van der Waals surface area contributed by atoms with E-state index in [0.29, 0.717) is 17.4 Å². The molecular weight excluding hydrogens is 326 g/mol. The smallest absolute Gasteiger partial charge is 0.273 e. The maximum absolute atomic E-state index is 12.8. The minimum Gasteiger partial charge on any atom is -0.332 e. The number of carbonyl (C=O) groups excluding carboxylic acids is 2. The lowest BCUT2D eigenvalue weighted by Gasteiger charge is -2.35. The van der Waals surface area contributed by atoms with Gasteiger partial charge in [-0.1, -0.05) is 0 Å². The van der Waals surface area contributed by atoms with E-state index in [-0.39, 0.29) is 17.9 Å². The number of nitrogens with zero attached hydrogens (tertiary/aromatic N) is 4. The number of hydrogen-bond acceptors (Lipinski definition) is 5. The average Bonchev–Trinajstić information content (AvgIpc) is 3.16. The summed E-state index contributed by atoms with van der Waals surface area (Å²) in [5.41, 5.74) is 1.51. The number of anilines is 1.